The summed E-state index contributed by atoms with van der Waals surface area (Å²) in [6.45, 7) is 0.957. The summed E-state index contributed by atoms with van der Waals surface area (Å²) in [5, 5.41) is 12.2. The van der Waals surface area contributed by atoms with E-state index < -0.39 is 23.6 Å². The molecule has 2 aromatic rings. The molecule has 4 nitrogen and oxygen atoms in total. The van der Waals surface area contributed by atoms with E-state index in [1.54, 1.807) is 0 Å². The normalized spacial score (nSPS) is 14.5. The Morgan fingerprint density at radius 1 is 1.16 bits per heavy atom. The number of pyridine rings is 1. The molecule has 0 bridgehead atoms. The predicted octanol–water partition coefficient (Wildman–Crippen LogP) is 6.86. The standard InChI is InChI=1S/C24H28ClF3N2O2/c25-21-12-10-18(14-20(21)24(26,27)28)17(15-22(31)32)6-3-1-2-4-8-19-11-9-16-7-5-13-29-23(16)30-19/h9-12,14,17H,1-8,13,15H2,(H,29,30)(H,31,32)/t17-/m0/s1. The van der Waals surface area contributed by atoms with Crippen LogP contribution in [-0.4, -0.2) is 22.6 Å². The molecule has 0 unspecified atom stereocenters. The van der Waals surface area contributed by atoms with E-state index in [9.17, 15) is 23.1 Å². The number of alkyl halides is 3. The van der Waals surface area contributed by atoms with Crippen molar-refractivity contribution in [2.24, 2.45) is 0 Å². The Bertz CT molecular complexity index is 934. The van der Waals surface area contributed by atoms with Gasteiger partial charge in [-0.3, -0.25) is 4.79 Å². The SMILES string of the molecule is O=C(O)C[C@H](CCCCCCc1ccc2c(n1)NCCC2)c1ccc(Cl)c(C(F)(F)F)c1. The molecule has 0 spiro atoms. The van der Waals surface area contributed by atoms with Crippen molar-refractivity contribution in [3.63, 3.8) is 0 Å². The first-order chi connectivity index (χ1) is 15.2. The molecule has 8 heteroatoms. The number of anilines is 1. The molecule has 3 rings (SSSR count). The molecule has 1 atom stereocenters. The third-order valence-electron chi connectivity index (χ3n) is 5.88. The fourth-order valence-electron chi connectivity index (χ4n) is 4.17. The molecule has 174 valence electrons. The number of unbranched alkanes of at least 4 members (excludes halogenated alkanes) is 3. The number of hydrogen-bond acceptors (Lipinski definition) is 3. The minimum Gasteiger partial charge on any atom is -0.481 e. The summed E-state index contributed by atoms with van der Waals surface area (Å²) in [5.74, 6) is -0.503. The van der Waals surface area contributed by atoms with Gasteiger partial charge in [-0.15, -0.1) is 0 Å². The molecule has 0 radical (unpaired) electrons. The van der Waals surface area contributed by atoms with Crippen LogP contribution in [0.2, 0.25) is 5.02 Å². The molecular weight excluding hydrogens is 441 g/mol. The van der Waals surface area contributed by atoms with Gasteiger partial charge in [0.1, 0.15) is 5.82 Å². The number of carboxylic acid groups (broad SMARTS) is 1. The summed E-state index contributed by atoms with van der Waals surface area (Å²) in [4.78, 5) is 16.0. The number of nitrogens with one attached hydrogen (secondary N) is 1. The number of carboxylic acids is 1. The Kier molecular flexibility index (Phi) is 8.40. The maximum atomic E-state index is 13.2. The van der Waals surface area contributed by atoms with Crippen molar-refractivity contribution >= 4 is 23.4 Å². The van der Waals surface area contributed by atoms with Crippen LogP contribution in [0.3, 0.4) is 0 Å². The van der Waals surface area contributed by atoms with Gasteiger partial charge in [0.15, 0.2) is 0 Å². The molecule has 0 aliphatic carbocycles. The van der Waals surface area contributed by atoms with Crippen LogP contribution in [-0.2, 0) is 23.8 Å². The lowest BCUT2D eigenvalue weighted by Crippen LogP contribution is -2.14. The van der Waals surface area contributed by atoms with E-state index in [1.165, 1.54) is 17.7 Å². The number of aromatic nitrogens is 1. The summed E-state index contributed by atoms with van der Waals surface area (Å²) in [5.41, 5.74) is 1.78. The van der Waals surface area contributed by atoms with Crippen LogP contribution in [0.4, 0.5) is 19.0 Å². The Morgan fingerprint density at radius 2 is 1.94 bits per heavy atom. The number of aliphatic carboxylic acids is 1. The highest BCUT2D eigenvalue weighted by atomic mass is 35.5. The Labute approximate surface area is 191 Å². The zero-order chi connectivity index (χ0) is 23.1. The first-order valence-corrected chi connectivity index (χ1v) is 11.4. The van der Waals surface area contributed by atoms with Crippen molar-refractivity contribution < 1.29 is 23.1 Å². The number of aryl methyl sites for hydroxylation is 2. The van der Waals surface area contributed by atoms with Crippen molar-refractivity contribution in [1.82, 2.24) is 4.98 Å². The van der Waals surface area contributed by atoms with Crippen molar-refractivity contribution in [3.8, 4) is 0 Å². The molecule has 32 heavy (non-hydrogen) atoms. The number of benzene rings is 1. The summed E-state index contributed by atoms with van der Waals surface area (Å²) < 4.78 is 39.5. The zero-order valence-electron chi connectivity index (χ0n) is 17.8. The second-order valence-corrected chi connectivity index (χ2v) is 8.73. The smallest absolute Gasteiger partial charge is 0.417 e. The summed E-state index contributed by atoms with van der Waals surface area (Å²) in [7, 11) is 0. The van der Waals surface area contributed by atoms with Gasteiger partial charge in [0.25, 0.3) is 0 Å². The van der Waals surface area contributed by atoms with E-state index >= 15 is 0 Å². The number of carbonyl (C=O) groups is 1. The molecule has 2 N–H and O–H groups in total. The fraction of sp³-hybridized carbons (Fsp3) is 0.500. The van der Waals surface area contributed by atoms with Gasteiger partial charge in [-0.05, 0) is 67.3 Å². The molecular formula is C24H28ClF3N2O2. The average Bonchev–Trinajstić information content (AvgIpc) is 2.74. The summed E-state index contributed by atoms with van der Waals surface area (Å²) in [6, 6.07) is 7.91. The highest BCUT2D eigenvalue weighted by Gasteiger charge is 2.34. The molecule has 0 saturated carbocycles. The van der Waals surface area contributed by atoms with Crippen LogP contribution < -0.4 is 5.32 Å². The first-order valence-electron chi connectivity index (χ1n) is 11.0. The molecule has 1 aromatic carbocycles. The first kappa shape index (κ1) is 24.4. The van der Waals surface area contributed by atoms with Crippen LogP contribution in [0.1, 0.15) is 73.2 Å². The molecule has 0 amide bonds. The quantitative estimate of drug-likeness (QED) is 0.374. The topological polar surface area (TPSA) is 62.2 Å². The number of nitrogens with zero attached hydrogens (tertiary/aromatic N) is 1. The zero-order valence-corrected chi connectivity index (χ0v) is 18.6. The Hall–Kier alpha value is -2.28. The summed E-state index contributed by atoms with van der Waals surface area (Å²) in [6.07, 6.45) is 2.38. The molecule has 0 saturated heterocycles. The van der Waals surface area contributed by atoms with E-state index in [-0.39, 0.29) is 11.4 Å². The number of halogens is 4. The van der Waals surface area contributed by atoms with E-state index in [1.807, 2.05) is 0 Å². The Morgan fingerprint density at radius 3 is 2.69 bits per heavy atom. The maximum absolute atomic E-state index is 13.2. The second-order valence-electron chi connectivity index (χ2n) is 8.33. The van der Waals surface area contributed by atoms with Gasteiger partial charge in [-0.25, -0.2) is 4.98 Å². The van der Waals surface area contributed by atoms with Crippen LogP contribution >= 0.6 is 11.6 Å². The van der Waals surface area contributed by atoms with Crippen LogP contribution in [0, 0.1) is 0 Å². The highest BCUT2D eigenvalue weighted by Crippen LogP contribution is 2.38. The maximum Gasteiger partial charge on any atom is 0.417 e. The lowest BCUT2D eigenvalue weighted by Gasteiger charge is -2.18. The highest BCUT2D eigenvalue weighted by molar-refractivity contribution is 6.31. The largest absolute Gasteiger partial charge is 0.481 e. The van der Waals surface area contributed by atoms with Gasteiger partial charge in [0.2, 0.25) is 0 Å². The van der Waals surface area contributed by atoms with Gasteiger partial charge in [-0.2, -0.15) is 13.2 Å². The minimum absolute atomic E-state index is 0.203. The average molecular weight is 469 g/mol. The van der Waals surface area contributed by atoms with E-state index in [4.69, 9.17) is 11.6 Å². The number of hydrogen-bond donors (Lipinski definition) is 2. The number of fused-ring (bicyclic) bond motifs is 1. The molecule has 1 aliphatic heterocycles. The second kappa shape index (κ2) is 11.0. The molecule has 1 aromatic heterocycles. The van der Waals surface area contributed by atoms with Gasteiger partial charge >= 0.3 is 12.1 Å². The third-order valence-corrected chi connectivity index (χ3v) is 6.21. The van der Waals surface area contributed by atoms with E-state index in [2.05, 4.69) is 22.4 Å². The van der Waals surface area contributed by atoms with Crippen molar-refractivity contribution in [2.45, 2.75) is 69.9 Å². The van der Waals surface area contributed by atoms with Crippen LogP contribution in [0.5, 0.6) is 0 Å². The van der Waals surface area contributed by atoms with Crippen LogP contribution in [0.15, 0.2) is 30.3 Å². The lowest BCUT2D eigenvalue weighted by molar-refractivity contribution is -0.138. The van der Waals surface area contributed by atoms with E-state index in [0.717, 1.165) is 69.1 Å². The molecule has 0 fully saturated rings. The minimum atomic E-state index is -4.57. The van der Waals surface area contributed by atoms with Gasteiger partial charge in [0.05, 0.1) is 17.0 Å². The van der Waals surface area contributed by atoms with Crippen molar-refractivity contribution in [3.05, 3.63) is 57.7 Å². The lowest BCUT2D eigenvalue weighted by atomic mass is 9.89. The van der Waals surface area contributed by atoms with Gasteiger partial charge in [0, 0.05) is 12.2 Å². The van der Waals surface area contributed by atoms with Gasteiger partial charge < -0.3 is 10.4 Å². The third kappa shape index (κ3) is 6.86. The van der Waals surface area contributed by atoms with Gasteiger partial charge in [-0.1, -0.05) is 43.0 Å². The molecule has 2 heterocycles. The van der Waals surface area contributed by atoms with Crippen molar-refractivity contribution in [1.29, 1.82) is 0 Å². The summed E-state index contributed by atoms with van der Waals surface area (Å²) >= 11 is 5.70. The van der Waals surface area contributed by atoms with Crippen molar-refractivity contribution in [2.75, 3.05) is 11.9 Å². The van der Waals surface area contributed by atoms with E-state index in [0.29, 0.717) is 12.0 Å². The van der Waals surface area contributed by atoms with Crippen LogP contribution in [0.25, 0.3) is 0 Å². The fourth-order valence-corrected chi connectivity index (χ4v) is 4.39. The monoisotopic (exact) mass is 468 g/mol. The number of rotatable bonds is 10. The molecule has 1 aliphatic rings. The predicted molar refractivity (Wildman–Crippen MR) is 119 cm³/mol. The Balaban J connectivity index is 1.49.